The van der Waals surface area contributed by atoms with Crippen LogP contribution in [0.5, 0.6) is 0 Å². The molecule has 0 N–H and O–H groups in total. The Hall–Kier alpha value is -2.80. The summed E-state index contributed by atoms with van der Waals surface area (Å²) >= 11 is 0. The third-order valence-corrected chi connectivity index (χ3v) is 9.17. The van der Waals surface area contributed by atoms with Crippen LogP contribution in [-0.2, 0) is 14.8 Å². The Morgan fingerprint density at radius 1 is 1.05 bits per heavy atom. The van der Waals surface area contributed by atoms with Crippen molar-refractivity contribution in [1.29, 1.82) is 0 Å². The maximum absolute atomic E-state index is 13.9. The van der Waals surface area contributed by atoms with Gasteiger partial charge in [0.1, 0.15) is 5.60 Å². The van der Waals surface area contributed by atoms with Gasteiger partial charge in [-0.25, -0.2) is 13.2 Å². The van der Waals surface area contributed by atoms with Crippen LogP contribution < -0.4 is 0 Å². The van der Waals surface area contributed by atoms with Gasteiger partial charge in [0.05, 0.1) is 15.9 Å². The monoisotopic (exact) mass is 554 g/mol. The molecule has 38 heavy (non-hydrogen) atoms. The molecular formula is C25H38N4O8S. The minimum absolute atomic E-state index is 0.185. The van der Waals surface area contributed by atoms with E-state index in [1.165, 1.54) is 23.6 Å². The number of carbonyl (C=O) groups excluding carboxylic acids is 1. The van der Waals surface area contributed by atoms with E-state index in [2.05, 4.69) is 0 Å². The van der Waals surface area contributed by atoms with E-state index in [4.69, 9.17) is 4.74 Å². The fourth-order valence-corrected chi connectivity index (χ4v) is 7.14. The normalized spacial score (nSPS) is 17.9. The number of non-ortho nitro benzene ring substituents is 1. The van der Waals surface area contributed by atoms with Crippen LogP contribution in [0.4, 0.5) is 16.2 Å². The largest absolute Gasteiger partial charge is 0.444 e. The average Bonchev–Trinajstić information content (AvgIpc) is 2.85. The van der Waals surface area contributed by atoms with Crippen molar-refractivity contribution in [1.82, 2.24) is 9.21 Å². The average molecular weight is 555 g/mol. The number of nitrogens with zero attached hydrogens (tertiary/aromatic N) is 4. The molecule has 13 heteroatoms. The van der Waals surface area contributed by atoms with E-state index >= 15 is 0 Å². The van der Waals surface area contributed by atoms with Crippen molar-refractivity contribution in [3.05, 3.63) is 38.4 Å². The highest BCUT2D eigenvalue weighted by atomic mass is 32.2. The Bertz CT molecular complexity index is 1120. The molecule has 1 aromatic carbocycles. The molecule has 12 nitrogen and oxygen atoms in total. The molecule has 1 aliphatic carbocycles. The molecule has 2 fully saturated rings. The molecule has 212 valence electrons. The summed E-state index contributed by atoms with van der Waals surface area (Å²) in [4.78, 5) is 34.7. The predicted octanol–water partition coefficient (Wildman–Crippen LogP) is 5.25. The quantitative estimate of drug-likeness (QED) is 0.296. The number of piperidine rings is 1. The Morgan fingerprint density at radius 2 is 1.68 bits per heavy atom. The molecule has 0 spiro atoms. The molecule has 1 amide bonds. The zero-order valence-electron chi connectivity index (χ0n) is 22.3. The summed E-state index contributed by atoms with van der Waals surface area (Å²) in [6, 6.07) is 2.15. The van der Waals surface area contributed by atoms with Crippen molar-refractivity contribution in [2.45, 2.75) is 95.1 Å². The molecular weight excluding hydrogens is 516 g/mol. The Balaban J connectivity index is 1.84. The molecule has 0 atom stereocenters. The first-order chi connectivity index (χ1) is 17.8. The Kier molecular flexibility index (Phi) is 9.69. The number of carbonyl (C=O) groups is 1. The van der Waals surface area contributed by atoms with Crippen LogP contribution in [0.15, 0.2) is 23.1 Å². The van der Waals surface area contributed by atoms with Crippen LogP contribution in [0.3, 0.4) is 0 Å². The van der Waals surface area contributed by atoms with E-state index in [0.29, 0.717) is 31.2 Å². The summed E-state index contributed by atoms with van der Waals surface area (Å²) in [6.45, 7) is 6.08. The van der Waals surface area contributed by atoms with E-state index in [1.54, 1.807) is 25.7 Å². The van der Waals surface area contributed by atoms with Gasteiger partial charge in [0, 0.05) is 31.7 Å². The van der Waals surface area contributed by atoms with E-state index in [1.807, 2.05) is 0 Å². The Morgan fingerprint density at radius 3 is 2.24 bits per heavy atom. The zero-order valence-corrected chi connectivity index (χ0v) is 23.2. The van der Waals surface area contributed by atoms with Crippen molar-refractivity contribution in [2.75, 3.05) is 19.6 Å². The lowest BCUT2D eigenvalue weighted by Crippen LogP contribution is -2.50. The summed E-state index contributed by atoms with van der Waals surface area (Å²) in [6.07, 6.45) is 7.51. The van der Waals surface area contributed by atoms with Gasteiger partial charge >= 0.3 is 6.09 Å². The highest BCUT2D eigenvalue weighted by Gasteiger charge is 2.39. The molecule has 1 aliphatic heterocycles. The molecule has 0 bridgehead atoms. The first-order valence-electron chi connectivity index (χ1n) is 13.2. The van der Waals surface area contributed by atoms with Crippen LogP contribution in [0.1, 0.15) is 78.6 Å². The third kappa shape index (κ3) is 7.62. The number of hydrogen-bond acceptors (Lipinski definition) is 8. The van der Waals surface area contributed by atoms with Gasteiger partial charge < -0.3 is 9.64 Å². The molecule has 1 aromatic rings. The lowest BCUT2D eigenvalue weighted by atomic mass is 9.86. The van der Waals surface area contributed by atoms with Crippen LogP contribution in [0.2, 0.25) is 0 Å². The van der Waals surface area contributed by atoms with E-state index in [9.17, 15) is 33.4 Å². The van der Waals surface area contributed by atoms with Gasteiger partial charge in [-0.15, -0.1) is 0 Å². The van der Waals surface area contributed by atoms with Gasteiger partial charge in [0.2, 0.25) is 10.0 Å². The van der Waals surface area contributed by atoms with Gasteiger partial charge in [0.15, 0.2) is 4.90 Å². The molecule has 0 aromatic heterocycles. The first-order valence-corrected chi connectivity index (χ1v) is 14.7. The minimum Gasteiger partial charge on any atom is -0.444 e. The molecule has 2 aliphatic rings. The van der Waals surface area contributed by atoms with Crippen molar-refractivity contribution in [3.63, 3.8) is 0 Å². The SMILES string of the molecule is CC(C)(C)OC(=O)N1CCC(N(CCCC2CCCCC2)S(=O)(=O)c2ccc([N+](=O)[O-])cc2[N+](=O)[O-])CC1. The van der Waals surface area contributed by atoms with Gasteiger partial charge in [0.25, 0.3) is 11.4 Å². The fraction of sp³-hybridized carbons (Fsp3) is 0.720. The Labute approximate surface area is 223 Å². The van der Waals surface area contributed by atoms with Gasteiger partial charge in [-0.3, -0.25) is 20.2 Å². The van der Waals surface area contributed by atoms with Crippen molar-refractivity contribution in [2.24, 2.45) is 5.92 Å². The van der Waals surface area contributed by atoms with Crippen LogP contribution >= 0.6 is 0 Å². The second-order valence-electron chi connectivity index (χ2n) is 11.1. The number of nitro groups is 2. The lowest BCUT2D eigenvalue weighted by Gasteiger charge is -2.38. The number of likely N-dealkylation sites (tertiary alicyclic amines) is 1. The standard InChI is InChI=1S/C25H38N4O8S/c1-25(2,3)37-24(30)26-16-13-20(14-17-26)27(15-7-10-19-8-5-4-6-9-19)38(35,36)23-12-11-21(28(31)32)18-22(23)29(33)34/h11-12,18-20H,4-10,13-17H2,1-3H3. The van der Waals surface area contributed by atoms with E-state index in [0.717, 1.165) is 31.4 Å². The molecule has 0 unspecified atom stereocenters. The number of sulfonamides is 1. The molecule has 3 rings (SSSR count). The molecule has 1 saturated carbocycles. The zero-order chi connectivity index (χ0) is 28.1. The van der Waals surface area contributed by atoms with Crippen LogP contribution in [0, 0.1) is 26.1 Å². The topological polar surface area (TPSA) is 153 Å². The van der Waals surface area contributed by atoms with Crippen molar-refractivity contribution >= 4 is 27.5 Å². The highest BCUT2D eigenvalue weighted by Crippen LogP contribution is 2.34. The number of nitro benzene ring substituents is 2. The lowest BCUT2D eigenvalue weighted by molar-refractivity contribution is -0.396. The van der Waals surface area contributed by atoms with E-state index in [-0.39, 0.29) is 19.6 Å². The number of hydrogen-bond donors (Lipinski definition) is 0. The summed E-state index contributed by atoms with van der Waals surface area (Å²) in [5.74, 6) is 0.538. The maximum Gasteiger partial charge on any atom is 0.410 e. The smallest absolute Gasteiger partial charge is 0.410 e. The molecule has 0 radical (unpaired) electrons. The summed E-state index contributed by atoms with van der Waals surface area (Å²) in [7, 11) is -4.35. The third-order valence-electron chi connectivity index (χ3n) is 7.18. The predicted molar refractivity (Wildman–Crippen MR) is 140 cm³/mol. The summed E-state index contributed by atoms with van der Waals surface area (Å²) in [5.41, 5.74) is -2.02. The van der Waals surface area contributed by atoms with E-state index < -0.39 is 53.9 Å². The number of ether oxygens (including phenoxy) is 1. The van der Waals surface area contributed by atoms with Crippen LogP contribution in [-0.4, -0.2) is 64.8 Å². The van der Waals surface area contributed by atoms with Gasteiger partial charge in [-0.05, 0) is 58.4 Å². The highest BCUT2D eigenvalue weighted by molar-refractivity contribution is 7.89. The maximum atomic E-state index is 13.9. The van der Waals surface area contributed by atoms with Gasteiger partial charge in [-0.2, -0.15) is 4.31 Å². The number of benzene rings is 1. The molecule has 1 saturated heterocycles. The summed E-state index contributed by atoms with van der Waals surface area (Å²) in [5, 5.41) is 22.9. The summed E-state index contributed by atoms with van der Waals surface area (Å²) < 4.78 is 34.5. The number of rotatable bonds is 9. The molecule has 1 heterocycles. The van der Waals surface area contributed by atoms with Crippen molar-refractivity contribution in [3.8, 4) is 0 Å². The fourth-order valence-electron chi connectivity index (χ4n) is 5.28. The van der Waals surface area contributed by atoms with Crippen LogP contribution in [0.25, 0.3) is 0 Å². The second-order valence-corrected chi connectivity index (χ2v) is 13.0. The first kappa shape index (κ1) is 29.8. The minimum atomic E-state index is -4.35. The number of amides is 1. The van der Waals surface area contributed by atoms with Crippen molar-refractivity contribution < 1.29 is 27.8 Å². The second kappa shape index (κ2) is 12.4. The van der Waals surface area contributed by atoms with Gasteiger partial charge in [-0.1, -0.05) is 32.1 Å².